The Morgan fingerprint density at radius 1 is 0.850 bits per heavy atom. The van der Waals surface area contributed by atoms with Gasteiger partial charge in [0.15, 0.2) is 0 Å². The van der Waals surface area contributed by atoms with Crippen molar-refractivity contribution in [1.82, 2.24) is 4.90 Å². The summed E-state index contributed by atoms with van der Waals surface area (Å²) in [5.41, 5.74) is 3.40. The van der Waals surface area contributed by atoms with Gasteiger partial charge < -0.3 is 4.90 Å². The van der Waals surface area contributed by atoms with E-state index in [1.54, 1.807) is 11.1 Å². The van der Waals surface area contributed by atoms with E-state index < -0.39 is 0 Å². The van der Waals surface area contributed by atoms with E-state index in [1.807, 2.05) is 0 Å². The molecule has 4 rings (SSSR count). The molecule has 0 amide bonds. The van der Waals surface area contributed by atoms with Crippen molar-refractivity contribution in [2.75, 3.05) is 0 Å². The van der Waals surface area contributed by atoms with Gasteiger partial charge in [0.25, 0.3) is 0 Å². The zero-order chi connectivity index (χ0) is 13.5. The van der Waals surface area contributed by atoms with Crippen molar-refractivity contribution in [3.05, 3.63) is 23.3 Å². The van der Waals surface area contributed by atoms with E-state index in [0.717, 1.165) is 11.8 Å². The van der Waals surface area contributed by atoms with Crippen LogP contribution < -0.4 is 0 Å². The van der Waals surface area contributed by atoms with Crippen LogP contribution in [0.2, 0.25) is 0 Å². The molecule has 1 heterocycles. The van der Waals surface area contributed by atoms with Gasteiger partial charge in [-0.2, -0.15) is 0 Å². The van der Waals surface area contributed by atoms with Crippen molar-refractivity contribution < 1.29 is 0 Å². The lowest BCUT2D eigenvalue weighted by Crippen LogP contribution is -2.46. The Kier molecular flexibility index (Phi) is 3.14. The van der Waals surface area contributed by atoms with Crippen molar-refractivity contribution in [1.29, 1.82) is 0 Å². The maximum atomic E-state index is 5.97. The fourth-order valence-electron chi connectivity index (χ4n) is 5.33. The molecule has 0 spiro atoms. The number of hydrogen-bond acceptors (Lipinski definition) is 1. The first-order chi connectivity index (χ1) is 9.90. The normalized spacial score (nSPS) is 39.6. The van der Waals surface area contributed by atoms with Crippen molar-refractivity contribution in [2.45, 2.75) is 69.9 Å². The highest BCUT2D eigenvalue weighted by Crippen LogP contribution is 2.49. The van der Waals surface area contributed by atoms with Crippen LogP contribution in [0.4, 0.5) is 0 Å². The molecule has 0 aromatic rings. The number of allylic oxidation sites excluding steroid dienone is 2. The molecule has 0 aromatic carbocycles. The molecule has 0 N–H and O–H groups in total. The summed E-state index contributed by atoms with van der Waals surface area (Å²) in [6, 6.07) is 4.35. The van der Waals surface area contributed by atoms with Crippen LogP contribution >= 0.6 is 0 Å². The Morgan fingerprint density at radius 2 is 1.35 bits per heavy atom. The zero-order valence-corrected chi connectivity index (χ0v) is 12.4. The van der Waals surface area contributed by atoms with Gasteiger partial charge in [0, 0.05) is 30.0 Å². The molecule has 1 saturated heterocycles. The van der Waals surface area contributed by atoms with Crippen molar-refractivity contribution in [3.63, 3.8) is 0 Å². The minimum atomic E-state index is 0.620. The Bertz CT molecular complexity index is 454. The highest BCUT2D eigenvalue weighted by atomic mass is 15.2. The molecule has 4 atom stereocenters. The lowest BCUT2D eigenvalue weighted by molar-refractivity contribution is 0.107. The number of rotatable bonds is 0. The molecule has 3 fully saturated rings. The lowest BCUT2D eigenvalue weighted by Gasteiger charge is -2.42. The molecule has 4 aliphatic rings. The molecule has 3 aliphatic carbocycles. The average molecular weight is 267 g/mol. The molecule has 1 nitrogen and oxygen atoms in total. The van der Waals surface area contributed by atoms with Crippen molar-refractivity contribution in [2.24, 2.45) is 11.8 Å². The molecule has 0 aromatic heterocycles. The summed E-state index contributed by atoms with van der Waals surface area (Å²) < 4.78 is 0. The summed E-state index contributed by atoms with van der Waals surface area (Å²) in [6.45, 7) is 0. The third-order valence-corrected chi connectivity index (χ3v) is 6.13. The van der Waals surface area contributed by atoms with E-state index in [2.05, 4.69) is 23.1 Å². The fraction of sp³-hybridized carbons (Fsp3) is 0.684. The summed E-state index contributed by atoms with van der Waals surface area (Å²) in [5, 5.41) is 0. The summed E-state index contributed by atoms with van der Waals surface area (Å²) >= 11 is 0. The van der Waals surface area contributed by atoms with Gasteiger partial charge in [-0.05, 0) is 43.3 Å². The number of terminal acetylenes is 1. The summed E-state index contributed by atoms with van der Waals surface area (Å²) in [4.78, 5) is 2.47. The second kappa shape index (κ2) is 4.99. The van der Waals surface area contributed by atoms with Crippen LogP contribution in [0.1, 0.15) is 57.8 Å². The molecule has 20 heavy (non-hydrogen) atoms. The smallest absolute Gasteiger partial charge is 0.0443 e. The maximum Gasteiger partial charge on any atom is 0.0443 e. The predicted octanol–water partition coefficient (Wildman–Crippen LogP) is 4.27. The van der Waals surface area contributed by atoms with Crippen molar-refractivity contribution in [3.8, 4) is 12.5 Å². The Labute approximate surface area is 123 Å². The van der Waals surface area contributed by atoms with E-state index in [4.69, 9.17) is 6.42 Å². The fourth-order valence-corrected chi connectivity index (χ4v) is 5.33. The number of nitrogens with zero attached hydrogens (tertiary/aromatic N) is 1. The predicted molar refractivity (Wildman–Crippen MR) is 82.9 cm³/mol. The summed E-state index contributed by atoms with van der Waals surface area (Å²) in [7, 11) is 0. The second-order valence-electron chi connectivity index (χ2n) is 7.01. The zero-order valence-electron chi connectivity index (χ0n) is 12.4. The standard InChI is InChI=1S/C19H25N/c1-2-20-18-12-5-3-8-16(18)14-10-7-11-15(14)17-9-4-6-13-19(17)20/h1,10-11,16-19H,3-9,12-13H2. The maximum absolute atomic E-state index is 5.97. The van der Waals surface area contributed by atoms with Gasteiger partial charge in [-0.3, -0.25) is 0 Å². The largest absolute Gasteiger partial charge is 0.326 e. The molecule has 0 bridgehead atoms. The highest BCUT2D eigenvalue weighted by molar-refractivity contribution is 5.44. The summed E-state index contributed by atoms with van der Waals surface area (Å²) in [5.74, 6) is 1.44. The Morgan fingerprint density at radius 3 is 1.85 bits per heavy atom. The van der Waals surface area contributed by atoms with Gasteiger partial charge in [0.2, 0.25) is 0 Å². The van der Waals surface area contributed by atoms with Crippen LogP contribution in [-0.4, -0.2) is 17.0 Å². The Hall–Kier alpha value is -1.16. The second-order valence-corrected chi connectivity index (χ2v) is 7.01. The first-order valence-corrected chi connectivity index (χ1v) is 8.55. The molecule has 106 valence electrons. The van der Waals surface area contributed by atoms with Crippen LogP contribution in [-0.2, 0) is 0 Å². The van der Waals surface area contributed by atoms with Crippen LogP contribution in [0.25, 0.3) is 0 Å². The lowest BCUT2D eigenvalue weighted by atomic mass is 9.75. The van der Waals surface area contributed by atoms with E-state index in [1.165, 1.54) is 57.8 Å². The van der Waals surface area contributed by atoms with Crippen LogP contribution in [0.5, 0.6) is 0 Å². The number of likely N-dealkylation sites (tertiary alicyclic amines) is 1. The molecule has 4 unspecified atom stereocenters. The van der Waals surface area contributed by atoms with Crippen LogP contribution in [0, 0.1) is 24.3 Å². The van der Waals surface area contributed by atoms with E-state index in [0.29, 0.717) is 12.1 Å². The van der Waals surface area contributed by atoms with Gasteiger partial charge in [-0.1, -0.05) is 44.3 Å². The highest BCUT2D eigenvalue weighted by Gasteiger charge is 2.45. The van der Waals surface area contributed by atoms with E-state index >= 15 is 0 Å². The van der Waals surface area contributed by atoms with Crippen LogP contribution in [0.15, 0.2) is 23.3 Å². The van der Waals surface area contributed by atoms with Gasteiger partial charge >= 0.3 is 0 Å². The summed E-state index contributed by atoms with van der Waals surface area (Å²) in [6.07, 6.45) is 23.0. The third kappa shape index (κ3) is 1.77. The number of hydrogen-bond donors (Lipinski definition) is 0. The van der Waals surface area contributed by atoms with Gasteiger partial charge in [0.1, 0.15) is 0 Å². The SMILES string of the molecule is C#CN1C2CCCCC2C2=CCC=C2C2CCCCC21. The van der Waals surface area contributed by atoms with E-state index in [9.17, 15) is 0 Å². The first-order valence-electron chi connectivity index (χ1n) is 8.55. The number of fused-ring (bicyclic) bond motifs is 5. The van der Waals surface area contributed by atoms with E-state index in [-0.39, 0.29) is 0 Å². The first kappa shape index (κ1) is 12.6. The van der Waals surface area contributed by atoms with Gasteiger partial charge in [-0.25, -0.2) is 0 Å². The van der Waals surface area contributed by atoms with Gasteiger partial charge in [-0.15, -0.1) is 0 Å². The quantitative estimate of drug-likeness (QED) is 0.593. The third-order valence-electron chi connectivity index (χ3n) is 6.13. The molecular weight excluding hydrogens is 242 g/mol. The molecule has 0 radical (unpaired) electrons. The van der Waals surface area contributed by atoms with Gasteiger partial charge in [0.05, 0.1) is 0 Å². The molecule has 1 aliphatic heterocycles. The molecular formula is C19H25N. The minimum absolute atomic E-state index is 0.620. The molecule has 1 heteroatoms. The van der Waals surface area contributed by atoms with Crippen LogP contribution in [0.3, 0.4) is 0 Å². The Balaban J connectivity index is 1.79. The molecule has 2 saturated carbocycles. The monoisotopic (exact) mass is 267 g/mol. The topological polar surface area (TPSA) is 3.24 Å². The van der Waals surface area contributed by atoms with Crippen molar-refractivity contribution >= 4 is 0 Å². The average Bonchev–Trinajstić information content (AvgIpc) is 2.95. The minimum Gasteiger partial charge on any atom is -0.326 e.